The molecule has 0 radical (unpaired) electrons. The lowest BCUT2D eigenvalue weighted by Crippen LogP contribution is -2.27. The van der Waals surface area contributed by atoms with Gasteiger partial charge in [-0.05, 0) is 37.7 Å². The molecule has 112 valence electrons. The molecule has 0 rings (SSSR count). The van der Waals surface area contributed by atoms with Crippen LogP contribution < -0.4 is 0 Å². The van der Waals surface area contributed by atoms with Crippen LogP contribution in [0.3, 0.4) is 0 Å². The van der Waals surface area contributed by atoms with Crippen molar-refractivity contribution in [1.82, 2.24) is 4.90 Å². The fourth-order valence-electron chi connectivity index (χ4n) is 1.74. The molecule has 0 fully saturated rings. The zero-order valence-corrected chi connectivity index (χ0v) is 13.8. The molecule has 0 bridgehead atoms. The topological polar surface area (TPSA) is 21.7 Å². The highest BCUT2D eigenvalue weighted by Gasteiger charge is 2.00. The molecule has 0 aromatic rings. The van der Waals surface area contributed by atoms with E-state index in [9.17, 15) is 0 Å². The molecule has 0 saturated heterocycles. The van der Waals surface area contributed by atoms with E-state index in [0.717, 1.165) is 45.4 Å². The van der Waals surface area contributed by atoms with E-state index in [1.807, 2.05) is 0 Å². The van der Waals surface area contributed by atoms with Gasteiger partial charge >= 0.3 is 0 Å². The van der Waals surface area contributed by atoms with Gasteiger partial charge < -0.3 is 14.4 Å². The van der Waals surface area contributed by atoms with Crippen molar-refractivity contribution in [3.05, 3.63) is 0 Å². The van der Waals surface area contributed by atoms with Crippen LogP contribution in [0.5, 0.6) is 0 Å². The predicted octanol–water partition coefficient (Wildman–Crippen LogP) is 2.26. The summed E-state index contributed by atoms with van der Waals surface area (Å²) in [6, 6.07) is 0. The summed E-state index contributed by atoms with van der Waals surface area (Å²) >= 11 is 0. The first-order chi connectivity index (χ1) is 8.52. The SMILES string of the molecule is CC(C)CN(C)CCOCCOCCC[SH](C)C. The van der Waals surface area contributed by atoms with Crippen molar-refractivity contribution in [2.24, 2.45) is 5.92 Å². The smallest absolute Gasteiger partial charge is 0.0701 e. The second-order valence-corrected chi connectivity index (χ2v) is 8.14. The molecule has 0 unspecified atom stereocenters. The molecular weight excluding hydrogens is 246 g/mol. The third-order valence-corrected chi connectivity index (χ3v) is 3.77. The van der Waals surface area contributed by atoms with Crippen molar-refractivity contribution in [1.29, 1.82) is 0 Å². The molecule has 0 saturated carbocycles. The van der Waals surface area contributed by atoms with Gasteiger partial charge in [-0.1, -0.05) is 13.8 Å². The Labute approximate surface area is 117 Å². The Kier molecular flexibility index (Phi) is 12.4. The maximum absolute atomic E-state index is 5.55. The van der Waals surface area contributed by atoms with Crippen LogP contribution in [-0.4, -0.2) is 69.7 Å². The minimum atomic E-state index is 0.238. The van der Waals surface area contributed by atoms with Crippen LogP contribution in [0, 0.1) is 5.92 Å². The second-order valence-electron chi connectivity index (χ2n) is 5.54. The van der Waals surface area contributed by atoms with Crippen molar-refractivity contribution >= 4 is 10.9 Å². The first-order valence-corrected chi connectivity index (χ1v) is 9.43. The Morgan fingerprint density at radius 1 is 1.00 bits per heavy atom. The molecule has 4 heteroatoms. The molecule has 0 N–H and O–H groups in total. The molecule has 0 atom stereocenters. The Morgan fingerprint density at radius 2 is 1.61 bits per heavy atom. The average molecular weight is 279 g/mol. The van der Waals surface area contributed by atoms with Crippen LogP contribution in [0.15, 0.2) is 0 Å². The number of hydrogen-bond acceptors (Lipinski definition) is 3. The Bertz CT molecular complexity index is 177. The summed E-state index contributed by atoms with van der Waals surface area (Å²) < 4.78 is 11.1. The Hall–Kier alpha value is 0.230. The quantitative estimate of drug-likeness (QED) is 0.437. The molecule has 3 nitrogen and oxygen atoms in total. The number of rotatable bonds is 12. The molecule has 0 aliphatic carbocycles. The van der Waals surface area contributed by atoms with Gasteiger partial charge in [0.1, 0.15) is 0 Å². The highest BCUT2D eigenvalue weighted by Crippen LogP contribution is 2.13. The highest BCUT2D eigenvalue weighted by molar-refractivity contribution is 8.15. The Morgan fingerprint density at radius 3 is 2.17 bits per heavy atom. The minimum absolute atomic E-state index is 0.238. The van der Waals surface area contributed by atoms with E-state index in [4.69, 9.17) is 9.47 Å². The van der Waals surface area contributed by atoms with Crippen molar-refractivity contribution in [3.8, 4) is 0 Å². The van der Waals surface area contributed by atoms with Crippen LogP contribution in [-0.2, 0) is 9.47 Å². The van der Waals surface area contributed by atoms with Crippen molar-refractivity contribution in [3.63, 3.8) is 0 Å². The first-order valence-electron chi connectivity index (χ1n) is 7.01. The number of nitrogens with zero attached hydrogens (tertiary/aromatic N) is 1. The minimum Gasteiger partial charge on any atom is -0.379 e. The summed E-state index contributed by atoms with van der Waals surface area (Å²) in [5, 5.41) is 0. The van der Waals surface area contributed by atoms with E-state index in [-0.39, 0.29) is 10.9 Å². The summed E-state index contributed by atoms with van der Waals surface area (Å²) in [5.74, 6) is 2.04. The predicted molar refractivity (Wildman–Crippen MR) is 84.3 cm³/mol. The van der Waals surface area contributed by atoms with Gasteiger partial charge in [0, 0.05) is 19.7 Å². The molecular formula is C14H33NO2S. The third kappa shape index (κ3) is 14.3. The third-order valence-electron chi connectivity index (χ3n) is 2.56. The van der Waals surface area contributed by atoms with E-state index in [1.165, 1.54) is 12.2 Å². The molecule has 0 amide bonds. The fourth-order valence-corrected chi connectivity index (χ4v) is 2.50. The molecule has 0 aromatic carbocycles. The highest BCUT2D eigenvalue weighted by atomic mass is 32.2. The zero-order chi connectivity index (χ0) is 13.8. The fraction of sp³-hybridized carbons (Fsp3) is 1.00. The standard InChI is InChI=1S/C14H33NO2S/c1-14(2)13-15(3)7-9-17-11-10-16-8-6-12-18(4)5/h14,18H,6-13H2,1-5H3. The first kappa shape index (κ1) is 18.2. The molecule has 0 aromatic heterocycles. The Balaban J connectivity index is 3.11. The number of ether oxygens (including phenoxy) is 2. The van der Waals surface area contributed by atoms with Gasteiger partial charge in [-0.2, -0.15) is 0 Å². The number of likely N-dealkylation sites (N-methyl/N-ethyl adjacent to an activating group) is 1. The van der Waals surface area contributed by atoms with Crippen molar-refractivity contribution < 1.29 is 9.47 Å². The van der Waals surface area contributed by atoms with Gasteiger partial charge in [0.25, 0.3) is 0 Å². The van der Waals surface area contributed by atoms with E-state index in [1.54, 1.807) is 0 Å². The van der Waals surface area contributed by atoms with E-state index in [0.29, 0.717) is 0 Å². The van der Waals surface area contributed by atoms with Crippen LogP contribution in [0.2, 0.25) is 0 Å². The normalized spacial score (nSPS) is 12.5. The molecule has 0 spiro atoms. The van der Waals surface area contributed by atoms with Crippen LogP contribution in [0.4, 0.5) is 0 Å². The number of thiol groups is 1. The maximum Gasteiger partial charge on any atom is 0.0701 e. The van der Waals surface area contributed by atoms with Gasteiger partial charge in [0.05, 0.1) is 19.8 Å². The van der Waals surface area contributed by atoms with Gasteiger partial charge in [-0.15, -0.1) is 0 Å². The molecule has 0 heterocycles. The summed E-state index contributed by atoms with van der Waals surface area (Å²) in [7, 11) is 2.38. The van der Waals surface area contributed by atoms with Gasteiger partial charge in [-0.25, -0.2) is 0 Å². The maximum atomic E-state index is 5.55. The monoisotopic (exact) mass is 279 g/mol. The van der Waals surface area contributed by atoms with Crippen molar-refractivity contribution in [2.75, 3.05) is 64.8 Å². The lowest BCUT2D eigenvalue weighted by molar-refractivity contribution is 0.0405. The van der Waals surface area contributed by atoms with Crippen LogP contribution in [0.25, 0.3) is 0 Å². The summed E-state index contributed by atoms with van der Waals surface area (Å²) in [6.45, 7) is 9.78. The summed E-state index contributed by atoms with van der Waals surface area (Å²) in [6.07, 6.45) is 5.81. The molecule has 0 aliphatic rings. The van der Waals surface area contributed by atoms with Crippen LogP contribution >= 0.6 is 10.9 Å². The largest absolute Gasteiger partial charge is 0.379 e. The number of hydrogen-bond donors (Lipinski definition) is 1. The zero-order valence-electron chi connectivity index (χ0n) is 12.9. The second kappa shape index (κ2) is 12.3. The lowest BCUT2D eigenvalue weighted by Gasteiger charge is -2.18. The molecule has 0 aliphatic heterocycles. The van der Waals surface area contributed by atoms with Gasteiger partial charge in [0.2, 0.25) is 0 Å². The van der Waals surface area contributed by atoms with E-state index >= 15 is 0 Å². The average Bonchev–Trinajstić information content (AvgIpc) is 2.25. The van der Waals surface area contributed by atoms with Crippen molar-refractivity contribution in [2.45, 2.75) is 20.3 Å². The van der Waals surface area contributed by atoms with Crippen LogP contribution in [0.1, 0.15) is 20.3 Å². The lowest BCUT2D eigenvalue weighted by atomic mass is 10.2. The summed E-state index contributed by atoms with van der Waals surface area (Å²) in [5.41, 5.74) is 0. The van der Waals surface area contributed by atoms with Gasteiger partial charge in [-0.3, -0.25) is 10.9 Å². The summed E-state index contributed by atoms with van der Waals surface area (Å²) in [4.78, 5) is 2.32. The van der Waals surface area contributed by atoms with Gasteiger partial charge in [0.15, 0.2) is 0 Å². The van der Waals surface area contributed by atoms with E-state index in [2.05, 4.69) is 38.3 Å². The molecule has 18 heavy (non-hydrogen) atoms. The van der Waals surface area contributed by atoms with E-state index < -0.39 is 0 Å².